The van der Waals surface area contributed by atoms with E-state index in [1.54, 1.807) is 32.0 Å². The number of carbonyl (C=O) groups is 1. The van der Waals surface area contributed by atoms with Gasteiger partial charge in [0.05, 0.1) is 26.5 Å². The van der Waals surface area contributed by atoms with Crippen molar-refractivity contribution in [1.29, 1.82) is 0 Å². The number of aryl methyl sites for hydroxylation is 2. The van der Waals surface area contributed by atoms with Gasteiger partial charge in [0.15, 0.2) is 11.6 Å². The number of phenolic OH excluding ortho intramolecular Hbond substituents is 2. The van der Waals surface area contributed by atoms with E-state index >= 15 is 0 Å². The van der Waals surface area contributed by atoms with Gasteiger partial charge in [-0.2, -0.15) is 0 Å². The van der Waals surface area contributed by atoms with Crippen LogP contribution in [0, 0.1) is 34.6 Å². The van der Waals surface area contributed by atoms with Crippen LogP contribution in [0.4, 0.5) is 0 Å². The second-order valence-electron chi connectivity index (χ2n) is 8.01. The zero-order chi connectivity index (χ0) is 26.6. The van der Waals surface area contributed by atoms with Crippen molar-refractivity contribution in [2.45, 2.75) is 34.6 Å². The number of rotatable bonds is 4. The second-order valence-corrected chi connectivity index (χ2v) is 8.01. The number of hydrogen-bond donors (Lipinski definition) is 3. The smallest absolute Gasteiger partial charge is 0.335 e. The molecule has 1 aromatic heterocycles. The molecule has 3 aromatic carbocycles. The molecule has 0 fully saturated rings. The van der Waals surface area contributed by atoms with Crippen molar-refractivity contribution in [2.24, 2.45) is 0 Å². The third-order valence-corrected chi connectivity index (χ3v) is 5.86. The maximum Gasteiger partial charge on any atom is 0.335 e. The molecule has 7 nitrogen and oxygen atoms in total. The Balaban J connectivity index is 2.17. The Kier molecular flexibility index (Phi) is 4.52. The van der Waals surface area contributed by atoms with Crippen LogP contribution < -0.4 is 0 Å². The third kappa shape index (κ3) is 3.71. The maximum absolute atomic E-state index is 11.7. The summed E-state index contributed by atoms with van der Waals surface area (Å²) in [5.74, 6) is -1.39. The molecule has 0 saturated heterocycles. The van der Waals surface area contributed by atoms with Crippen molar-refractivity contribution in [3.63, 3.8) is 0 Å². The van der Waals surface area contributed by atoms with Crippen LogP contribution in [0.3, 0.4) is 0 Å². The van der Waals surface area contributed by atoms with Gasteiger partial charge in [-0.05, 0) is 92.7 Å². The van der Waals surface area contributed by atoms with Gasteiger partial charge in [-0.15, -0.1) is 5.10 Å². The number of aromatic nitrogens is 3. The first-order valence-corrected chi connectivity index (χ1v) is 10.3. The van der Waals surface area contributed by atoms with Gasteiger partial charge in [0.1, 0.15) is 11.5 Å². The van der Waals surface area contributed by atoms with Gasteiger partial charge in [-0.3, -0.25) is 0 Å². The minimum Gasteiger partial charge on any atom is -0.507 e. The standard InChI is InChI=1S/C26H25N3O4/c1-13-7-6-8-20(30)22(13)24-27-25(23-17(5)16(4)14(2)12-21(23)31)29(28-24)18-9-10-19(26(32)33)15(3)11-18/h6-12,30-31H,1-5H3,(H,32,33)/i9D,10D,11D. The topological polar surface area (TPSA) is 108 Å². The summed E-state index contributed by atoms with van der Waals surface area (Å²) < 4.78 is 26.7. The number of benzene rings is 3. The second kappa shape index (κ2) is 8.09. The van der Waals surface area contributed by atoms with Crippen molar-refractivity contribution in [1.82, 2.24) is 14.8 Å². The average Bonchev–Trinajstić information content (AvgIpc) is 3.20. The summed E-state index contributed by atoms with van der Waals surface area (Å²) in [5.41, 5.74) is 3.19. The summed E-state index contributed by atoms with van der Waals surface area (Å²) in [6.07, 6.45) is 0. The molecule has 0 aliphatic heterocycles. The van der Waals surface area contributed by atoms with Crippen LogP contribution in [-0.2, 0) is 0 Å². The zero-order valence-corrected chi connectivity index (χ0v) is 18.9. The van der Waals surface area contributed by atoms with Crippen molar-refractivity contribution in [3.05, 3.63) is 75.8 Å². The van der Waals surface area contributed by atoms with Gasteiger partial charge in [0, 0.05) is 0 Å². The minimum absolute atomic E-state index is 0.00118. The lowest BCUT2D eigenvalue weighted by Gasteiger charge is -2.14. The molecule has 7 heteroatoms. The highest BCUT2D eigenvalue weighted by Gasteiger charge is 2.23. The Labute approximate surface area is 195 Å². The van der Waals surface area contributed by atoms with Gasteiger partial charge in [0.25, 0.3) is 0 Å². The molecule has 0 bridgehead atoms. The lowest BCUT2D eigenvalue weighted by atomic mass is 9.97. The lowest BCUT2D eigenvalue weighted by molar-refractivity contribution is 0.0696. The van der Waals surface area contributed by atoms with E-state index in [9.17, 15) is 20.1 Å². The molecule has 33 heavy (non-hydrogen) atoms. The van der Waals surface area contributed by atoms with E-state index in [1.165, 1.54) is 17.7 Å². The molecule has 1 heterocycles. The fourth-order valence-electron chi connectivity index (χ4n) is 3.83. The fraction of sp³-hybridized carbons (Fsp3) is 0.192. The molecular weight excluding hydrogens is 418 g/mol. The molecule has 0 unspecified atom stereocenters. The van der Waals surface area contributed by atoms with Gasteiger partial charge in [-0.25, -0.2) is 14.5 Å². The summed E-state index contributed by atoms with van der Waals surface area (Å²) in [5, 5.41) is 35.6. The monoisotopic (exact) mass is 446 g/mol. The summed E-state index contributed by atoms with van der Waals surface area (Å²) in [4.78, 5) is 16.4. The van der Waals surface area contributed by atoms with Crippen LogP contribution in [0.15, 0.2) is 42.4 Å². The zero-order valence-electron chi connectivity index (χ0n) is 21.9. The fourth-order valence-corrected chi connectivity index (χ4v) is 3.83. The van der Waals surface area contributed by atoms with E-state index in [1.807, 2.05) is 13.8 Å². The molecular formula is C26H25N3O4. The van der Waals surface area contributed by atoms with Crippen LogP contribution in [0.2, 0.25) is 0 Å². The SMILES string of the molecule is [2H]c1c([2H])c(-n2nc(-c3c(C)cccc3O)nc2-c2c(O)cc(C)c(C)c2C)c([2H])c(C)c1C(=O)O. The number of hydrogen-bond acceptors (Lipinski definition) is 5. The van der Waals surface area contributed by atoms with E-state index < -0.39 is 23.6 Å². The van der Waals surface area contributed by atoms with Crippen LogP contribution in [0.25, 0.3) is 28.5 Å². The number of phenols is 2. The molecule has 0 atom stereocenters. The Morgan fingerprint density at radius 3 is 2.33 bits per heavy atom. The van der Waals surface area contributed by atoms with Gasteiger partial charge >= 0.3 is 5.97 Å². The molecule has 4 rings (SSSR count). The van der Waals surface area contributed by atoms with Crippen molar-refractivity contribution in [3.8, 4) is 40.0 Å². The Hall–Kier alpha value is -4.13. The molecule has 0 saturated carbocycles. The molecule has 168 valence electrons. The minimum atomic E-state index is -1.40. The highest BCUT2D eigenvalue weighted by Crippen LogP contribution is 2.38. The molecule has 4 aromatic rings. The average molecular weight is 447 g/mol. The molecule has 0 amide bonds. The first kappa shape index (κ1) is 18.4. The summed E-state index contributed by atoms with van der Waals surface area (Å²) >= 11 is 0. The predicted molar refractivity (Wildman–Crippen MR) is 126 cm³/mol. The van der Waals surface area contributed by atoms with E-state index in [0.717, 1.165) is 11.1 Å². The Morgan fingerprint density at radius 2 is 1.67 bits per heavy atom. The van der Waals surface area contributed by atoms with Crippen molar-refractivity contribution < 1.29 is 24.2 Å². The van der Waals surface area contributed by atoms with E-state index in [-0.39, 0.29) is 40.4 Å². The van der Waals surface area contributed by atoms with Gasteiger partial charge in [-0.1, -0.05) is 12.1 Å². The van der Waals surface area contributed by atoms with Crippen LogP contribution in [0.1, 0.15) is 42.3 Å². The first-order chi connectivity index (χ1) is 16.9. The molecule has 0 radical (unpaired) electrons. The van der Waals surface area contributed by atoms with Gasteiger partial charge < -0.3 is 15.3 Å². The molecule has 0 aliphatic rings. The van der Waals surface area contributed by atoms with Crippen LogP contribution in [-0.4, -0.2) is 36.1 Å². The Bertz CT molecular complexity index is 1530. The summed E-state index contributed by atoms with van der Waals surface area (Å²) in [7, 11) is 0. The largest absolute Gasteiger partial charge is 0.507 e. The molecule has 3 N–H and O–H groups in total. The van der Waals surface area contributed by atoms with Crippen LogP contribution >= 0.6 is 0 Å². The van der Waals surface area contributed by atoms with E-state index in [0.29, 0.717) is 22.3 Å². The highest BCUT2D eigenvalue weighted by atomic mass is 16.4. The lowest BCUT2D eigenvalue weighted by Crippen LogP contribution is -2.05. The maximum atomic E-state index is 11.7. The number of nitrogens with zero attached hydrogens (tertiary/aromatic N) is 3. The van der Waals surface area contributed by atoms with Crippen molar-refractivity contribution in [2.75, 3.05) is 0 Å². The number of aromatic hydroxyl groups is 2. The van der Waals surface area contributed by atoms with E-state index in [4.69, 9.17) is 4.11 Å². The quantitative estimate of drug-likeness (QED) is 0.395. The first-order valence-electron chi connectivity index (χ1n) is 11.8. The molecule has 0 spiro atoms. The number of carboxylic acids is 1. The summed E-state index contributed by atoms with van der Waals surface area (Å²) in [6.45, 7) is 8.72. The number of aromatic carboxylic acids is 1. The van der Waals surface area contributed by atoms with Crippen molar-refractivity contribution >= 4 is 5.97 Å². The molecule has 0 aliphatic carbocycles. The van der Waals surface area contributed by atoms with Crippen LogP contribution in [0.5, 0.6) is 11.5 Å². The third-order valence-electron chi connectivity index (χ3n) is 5.86. The number of carboxylic acid groups (broad SMARTS) is 1. The van der Waals surface area contributed by atoms with E-state index in [2.05, 4.69) is 10.1 Å². The highest BCUT2D eigenvalue weighted by molar-refractivity contribution is 5.89. The predicted octanol–water partition coefficient (Wildman–Crippen LogP) is 5.25. The van der Waals surface area contributed by atoms with Gasteiger partial charge in [0.2, 0.25) is 0 Å². The normalized spacial score (nSPS) is 12.3. The summed E-state index contributed by atoms with van der Waals surface area (Å²) in [6, 6.07) is 5.13. The Morgan fingerprint density at radius 1 is 0.939 bits per heavy atom.